The van der Waals surface area contributed by atoms with E-state index in [9.17, 15) is 18.0 Å². The smallest absolute Gasteiger partial charge is 0.266 e. The Hall–Kier alpha value is -3.56. The Morgan fingerprint density at radius 3 is 2.74 bits per heavy atom. The summed E-state index contributed by atoms with van der Waals surface area (Å²) < 4.78 is 49.0. The van der Waals surface area contributed by atoms with Gasteiger partial charge in [0.25, 0.3) is 6.43 Å². The number of aryl methyl sites for hydroxylation is 1. The molecule has 10 heteroatoms. The maximum Gasteiger partial charge on any atom is 0.266 e. The number of fused-ring (bicyclic) bond motifs is 4. The molecule has 0 aliphatic carbocycles. The van der Waals surface area contributed by atoms with Gasteiger partial charge in [0.2, 0.25) is 5.91 Å². The molecule has 35 heavy (non-hydrogen) atoms. The van der Waals surface area contributed by atoms with Crippen molar-refractivity contribution in [3.63, 3.8) is 0 Å². The van der Waals surface area contributed by atoms with Crippen molar-refractivity contribution in [3.8, 4) is 5.75 Å². The van der Waals surface area contributed by atoms with Crippen LogP contribution in [0.3, 0.4) is 0 Å². The molecule has 1 amide bonds. The van der Waals surface area contributed by atoms with E-state index in [1.165, 1.54) is 12.1 Å². The molecule has 184 valence electrons. The second-order valence-electron chi connectivity index (χ2n) is 9.00. The van der Waals surface area contributed by atoms with Crippen LogP contribution in [0.5, 0.6) is 5.75 Å². The van der Waals surface area contributed by atoms with E-state index in [2.05, 4.69) is 14.9 Å². The molecule has 2 aliphatic rings. The zero-order chi connectivity index (χ0) is 24.9. The zero-order valence-electron chi connectivity index (χ0n) is 19.7. The monoisotopic (exact) mass is 485 g/mol. The molecule has 0 spiro atoms. The SMILES string of the molecule is CC(=O)N1CCN2c3cc4c(=N[C@H](C)c5cccc(C(F)F)c5F)ncn(C)c4cc3OC[C@@H]2C1. The predicted octanol–water partition coefficient (Wildman–Crippen LogP) is 3.74. The number of piperazine rings is 1. The molecular weight excluding hydrogens is 459 g/mol. The number of ether oxygens (including phenoxy) is 1. The zero-order valence-corrected chi connectivity index (χ0v) is 19.7. The minimum Gasteiger partial charge on any atom is -0.489 e. The minimum absolute atomic E-state index is 0.0357. The van der Waals surface area contributed by atoms with Gasteiger partial charge in [-0.25, -0.2) is 18.2 Å². The summed E-state index contributed by atoms with van der Waals surface area (Å²) in [6.07, 6.45) is -1.29. The number of nitrogens with zero attached hydrogens (tertiary/aromatic N) is 5. The van der Waals surface area contributed by atoms with Crippen molar-refractivity contribution >= 4 is 22.5 Å². The Morgan fingerprint density at radius 2 is 2.00 bits per heavy atom. The van der Waals surface area contributed by atoms with Crippen molar-refractivity contribution < 1.29 is 22.7 Å². The van der Waals surface area contributed by atoms with Crippen molar-refractivity contribution in [1.82, 2.24) is 14.5 Å². The fourth-order valence-corrected chi connectivity index (χ4v) is 4.84. The molecule has 0 radical (unpaired) electrons. The number of anilines is 1. The van der Waals surface area contributed by atoms with Crippen LogP contribution in [0.1, 0.15) is 37.4 Å². The van der Waals surface area contributed by atoms with Crippen LogP contribution in [0.4, 0.5) is 18.9 Å². The van der Waals surface area contributed by atoms with Gasteiger partial charge in [-0.15, -0.1) is 0 Å². The highest BCUT2D eigenvalue weighted by atomic mass is 19.3. The number of amides is 1. The molecule has 3 aromatic rings. The van der Waals surface area contributed by atoms with Gasteiger partial charge in [0.05, 0.1) is 35.2 Å². The molecule has 2 aromatic carbocycles. The summed E-state index contributed by atoms with van der Waals surface area (Å²) in [7, 11) is 1.86. The lowest BCUT2D eigenvalue weighted by Gasteiger charge is -2.45. The van der Waals surface area contributed by atoms with Crippen LogP contribution in [0.15, 0.2) is 41.7 Å². The van der Waals surface area contributed by atoms with Gasteiger partial charge in [-0.3, -0.25) is 9.79 Å². The maximum absolute atomic E-state index is 14.7. The van der Waals surface area contributed by atoms with Crippen LogP contribution in [0, 0.1) is 5.82 Å². The highest BCUT2D eigenvalue weighted by Crippen LogP contribution is 2.38. The van der Waals surface area contributed by atoms with Crippen molar-refractivity contribution in [2.24, 2.45) is 12.0 Å². The molecule has 2 aliphatic heterocycles. The number of aromatic nitrogens is 2. The summed E-state index contributed by atoms with van der Waals surface area (Å²) in [6.45, 7) is 5.59. The third-order valence-corrected chi connectivity index (χ3v) is 6.78. The minimum atomic E-state index is -2.90. The first-order chi connectivity index (χ1) is 16.7. The normalized spacial score (nSPS) is 18.9. The molecule has 0 unspecified atom stereocenters. The van der Waals surface area contributed by atoms with E-state index in [0.717, 1.165) is 28.4 Å². The maximum atomic E-state index is 14.7. The van der Waals surface area contributed by atoms with E-state index < -0.39 is 23.8 Å². The number of carbonyl (C=O) groups is 1. The number of hydrogen-bond acceptors (Lipinski definition) is 5. The molecule has 5 rings (SSSR count). The van der Waals surface area contributed by atoms with Gasteiger partial charge < -0.3 is 19.1 Å². The van der Waals surface area contributed by atoms with Crippen LogP contribution >= 0.6 is 0 Å². The molecule has 2 atom stereocenters. The fraction of sp³-hybridized carbons (Fsp3) is 0.400. The van der Waals surface area contributed by atoms with Gasteiger partial charge in [0.1, 0.15) is 18.2 Å². The second-order valence-corrected chi connectivity index (χ2v) is 9.00. The average Bonchev–Trinajstić information content (AvgIpc) is 2.84. The Morgan fingerprint density at radius 1 is 1.23 bits per heavy atom. The summed E-state index contributed by atoms with van der Waals surface area (Å²) in [5, 5.41) is 0.740. The molecule has 3 heterocycles. The molecule has 0 bridgehead atoms. The highest BCUT2D eigenvalue weighted by molar-refractivity contribution is 5.86. The first-order valence-electron chi connectivity index (χ1n) is 11.5. The van der Waals surface area contributed by atoms with Crippen LogP contribution in [0.2, 0.25) is 0 Å². The van der Waals surface area contributed by atoms with Crippen molar-refractivity contribution in [3.05, 3.63) is 59.1 Å². The lowest BCUT2D eigenvalue weighted by atomic mass is 10.0. The summed E-state index contributed by atoms with van der Waals surface area (Å²) in [5.74, 6) is -0.161. The van der Waals surface area contributed by atoms with E-state index >= 15 is 0 Å². The van der Waals surface area contributed by atoms with Crippen LogP contribution in [-0.4, -0.2) is 52.6 Å². The predicted molar refractivity (Wildman–Crippen MR) is 125 cm³/mol. The fourth-order valence-electron chi connectivity index (χ4n) is 4.84. The quantitative estimate of drug-likeness (QED) is 0.567. The Balaban J connectivity index is 1.59. The molecular formula is C25H26F3N5O2. The van der Waals surface area contributed by atoms with Gasteiger partial charge in [-0.1, -0.05) is 18.2 Å². The number of halogens is 3. The number of benzene rings is 2. The standard InChI is InChI=1S/C25H26F3N5O2/c1-14(17-5-4-6-18(23(17)26)24(27)28)30-25-19-9-21-22(10-20(19)31(3)13-29-25)35-12-16-11-32(15(2)34)7-8-33(16)21/h4-6,9-10,13-14,16,24H,7-8,11-12H2,1-3H3/t14-,16+/m1/s1. The van der Waals surface area contributed by atoms with E-state index in [4.69, 9.17) is 4.74 Å². The van der Waals surface area contributed by atoms with E-state index in [-0.39, 0.29) is 17.5 Å². The summed E-state index contributed by atoms with van der Waals surface area (Å²) in [4.78, 5) is 25.0. The first kappa shape index (κ1) is 23.2. The summed E-state index contributed by atoms with van der Waals surface area (Å²) in [5.41, 5.74) is 1.56. The van der Waals surface area contributed by atoms with Crippen molar-refractivity contribution in [2.45, 2.75) is 32.4 Å². The Kier molecular flexibility index (Phi) is 5.90. The van der Waals surface area contributed by atoms with Gasteiger partial charge in [-0.05, 0) is 13.0 Å². The average molecular weight is 486 g/mol. The largest absolute Gasteiger partial charge is 0.489 e. The van der Waals surface area contributed by atoms with Gasteiger partial charge >= 0.3 is 0 Å². The number of rotatable bonds is 3. The van der Waals surface area contributed by atoms with Crippen molar-refractivity contribution in [2.75, 3.05) is 31.1 Å². The highest BCUT2D eigenvalue weighted by Gasteiger charge is 2.34. The van der Waals surface area contributed by atoms with Crippen LogP contribution < -0.4 is 15.1 Å². The molecule has 1 fully saturated rings. The molecule has 1 aromatic heterocycles. The third kappa shape index (κ3) is 4.11. The van der Waals surface area contributed by atoms with Gasteiger partial charge in [0.15, 0.2) is 5.49 Å². The Bertz CT molecular complexity index is 1370. The molecule has 0 N–H and O–H groups in total. The van der Waals surface area contributed by atoms with E-state index in [0.29, 0.717) is 31.7 Å². The molecule has 7 nitrogen and oxygen atoms in total. The van der Waals surface area contributed by atoms with Crippen LogP contribution in [0.25, 0.3) is 10.9 Å². The summed E-state index contributed by atoms with van der Waals surface area (Å²) >= 11 is 0. The molecule has 0 saturated carbocycles. The van der Waals surface area contributed by atoms with Gasteiger partial charge in [0, 0.05) is 50.6 Å². The number of hydrogen-bond donors (Lipinski definition) is 0. The van der Waals surface area contributed by atoms with Gasteiger partial charge in [-0.2, -0.15) is 0 Å². The third-order valence-electron chi connectivity index (χ3n) is 6.78. The topological polar surface area (TPSA) is 63.0 Å². The van der Waals surface area contributed by atoms with E-state index in [1.807, 2.05) is 28.6 Å². The Labute approximate surface area is 200 Å². The van der Waals surface area contributed by atoms with Crippen molar-refractivity contribution in [1.29, 1.82) is 0 Å². The lowest BCUT2D eigenvalue weighted by Crippen LogP contribution is -2.58. The number of carbonyl (C=O) groups excluding carboxylic acids is 1. The molecule has 1 saturated heterocycles. The number of alkyl halides is 2. The van der Waals surface area contributed by atoms with Crippen LogP contribution in [-0.2, 0) is 11.8 Å². The second kappa shape index (κ2) is 8.90. The summed E-state index contributed by atoms with van der Waals surface area (Å²) in [6, 6.07) is 7.17. The first-order valence-corrected chi connectivity index (χ1v) is 11.5. The lowest BCUT2D eigenvalue weighted by molar-refractivity contribution is -0.129. The van der Waals surface area contributed by atoms with E-state index in [1.54, 1.807) is 20.2 Å².